The highest BCUT2D eigenvalue weighted by Crippen LogP contribution is 2.36. The summed E-state index contributed by atoms with van der Waals surface area (Å²) in [6, 6.07) is 3.36. The number of anilines is 2. The lowest BCUT2D eigenvalue weighted by Crippen LogP contribution is -2.13. The maximum atomic E-state index is 11.6. The van der Waals surface area contributed by atoms with E-state index < -0.39 is 10.0 Å². The zero-order valence-corrected chi connectivity index (χ0v) is 25.4. The van der Waals surface area contributed by atoms with Crippen molar-refractivity contribution in [2.75, 3.05) is 45.2 Å². The Hall–Kier alpha value is -3.55. The van der Waals surface area contributed by atoms with E-state index in [1.165, 1.54) is 28.4 Å². The first kappa shape index (κ1) is 31.0. The summed E-state index contributed by atoms with van der Waals surface area (Å²) in [4.78, 5) is 17.2. The molecule has 4 rings (SSSR count). The summed E-state index contributed by atoms with van der Waals surface area (Å²) in [5, 5.41) is 0.992. The highest BCUT2D eigenvalue weighted by Gasteiger charge is 2.20. The minimum absolute atomic E-state index is 0.163. The lowest BCUT2D eigenvalue weighted by Gasteiger charge is -2.15. The molecule has 2 heterocycles. The summed E-state index contributed by atoms with van der Waals surface area (Å²) in [7, 11) is 2.38. The van der Waals surface area contributed by atoms with Crippen molar-refractivity contribution in [3.05, 3.63) is 33.3 Å². The predicted octanol–water partition coefficient (Wildman–Crippen LogP) is 4.68. The minimum atomic E-state index is -3.50. The molecule has 4 aromatic rings. The molecule has 0 saturated carbocycles. The average molecular weight is 614 g/mol. The van der Waals surface area contributed by atoms with Crippen LogP contribution in [0.5, 0.6) is 23.5 Å². The third kappa shape index (κ3) is 6.43. The second-order valence-electron chi connectivity index (χ2n) is 8.26. The molecular weight excluding hydrogens is 583 g/mol. The van der Waals surface area contributed by atoms with Crippen LogP contribution in [0.4, 0.5) is 11.4 Å². The van der Waals surface area contributed by atoms with Gasteiger partial charge in [0.15, 0.2) is 0 Å². The number of methoxy groups -OCH3 is 4. The van der Waals surface area contributed by atoms with Crippen LogP contribution in [0.2, 0.25) is 10.0 Å². The van der Waals surface area contributed by atoms with Crippen molar-refractivity contribution in [3.8, 4) is 23.5 Å². The van der Waals surface area contributed by atoms with E-state index in [-0.39, 0.29) is 11.8 Å². The predicted molar refractivity (Wildman–Crippen MR) is 157 cm³/mol. The van der Waals surface area contributed by atoms with E-state index in [0.717, 1.165) is 18.2 Å². The van der Waals surface area contributed by atoms with Crippen LogP contribution in [0.1, 0.15) is 25.0 Å². The van der Waals surface area contributed by atoms with Gasteiger partial charge in [0, 0.05) is 10.0 Å². The van der Waals surface area contributed by atoms with Crippen LogP contribution >= 0.6 is 23.2 Å². The van der Waals surface area contributed by atoms with Gasteiger partial charge in [0.2, 0.25) is 10.0 Å². The number of nitrogens with two attached hydrogens (primary N) is 1. The normalized spacial score (nSPS) is 11.1. The van der Waals surface area contributed by atoms with Crippen LogP contribution in [-0.4, -0.2) is 63.0 Å². The Balaban J connectivity index is 0.000000225. The standard InChI is InChI=1S/C13H16ClN3O4S.C12H14ClN3O2/c1-5-7-8(14)6-9-11(10(7)17-22(4,18)19)16-13(21-3)12(15-9)20-2;1-4-6-7(13)5-8-10(9(6)14)16-12(18-3)11(15-8)17-2/h6,17H,5H2,1-4H3;5H,4,14H2,1-3H3. The smallest absolute Gasteiger partial charge is 0.278 e. The van der Waals surface area contributed by atoms with Gasteiger partial charge in [0.1, 0.15) is 11.0 Å². The first-order valence-electron chi connectivity index (χ1n) is 11.9. The third-order valence-corrected chi connectivity index (χ3v) is 6.96. The fraction of sp³-hybridized carbons (Fsp3) is 0.360. The molecule has 12 nitrogen and oxygen atoms in total. The molecule has 15 heteroatoms. The lowest BCUT2D eigenvalue weighted by atomic mass is 10.1. The summed E-state index contributed by atoms with van der Waals surface area (Å²) in [6.07, 6.45) is 2.33. The molecular formula is C25H30Cl2N6O6S. The first-order valence-corrected chi connectivity index (χ1v) is 14.5. The number of fused-ring (bicyclic) bond motifs is 2. The SMILES string of the molecule is CCc1c(Cl)cc2nc(OC)c(OC)nc2c1N.CCc1c(Cl)cc2nc(OC)c(OC)nc2c1NS(C)(=O)=O. The highest BCUT2D eigenvalue weighted by atomic mass is 35.5. The molecule has 40 heavy (non-hydrogen) atoms. The van der Waals surface area contributed by atoms with E-state index in [9.17, 15) is 8.42 Å². The molecule has 0 radical (unpaired) electrons. The van der Waals surface area contributed by atoms with Crippen molar-refractivity contribution in [2.45, 2.75) is 26.7 Å². The summed E-state index contributed by atoms with van der Waals surface area (Å²) in [5.74, 6) is 0.974. The molecule has 0 aliphatic carbocycles. The number of ether oxygens (including phenoxy) is 4. The molecule has 0 amide bonds. The summed E-state index contributed by atoms with van der Waals surface area (Å²) < 4.78 is 46.2. The number of rotatable bonds is 8. The van der Waals surface area contributed by atoms with Crippen molar-refractivity contribution >= 4 is 66.7 Å². The van der Waals surface area contributed by atoms with E-state index in [1.54, 1.807) is 12.1 Å². The second-order valence-corrected chi connectivity index (χ2v) is 10.8. The molecule has 0 atom stereocenters. The Labute approximate surface area is 242 Å². The Morgan fingerprint density at radius 3 is 1.57 bits per heavy atom. The number of nitrogens with zero attached hydrogens (tertiary/aromatic N) is 4. The van der Waals surface area contributed by atoms with Crippen LogP contribution < -0.4 is 29.4 Å². The van der Waals surface area contributed by atoms with Crippen molar-refractivity contribution in [1.82, 2.24) is 19.9 Å². The van der Waals surface area contributed by atoms with Crippen molar-refractivity contribution in [2.24, 2.45) is 0 Å². The second kappa shape index (κ2) is 12.7. The highest BCUT2D eigenvalue weighted by molar-refractivity contribution is 7.92. The lowest BCUT2D eigenvalue weighted by molar-refractivity contribution is 0.334. The molecule has 0 fully saturated rings. The third-order valence-electron chi connectivity index (χ3n) is 5.71. The minimum Gasteiger partial charge on any atom is -0.477 e. The van der Waals surface area contributed by atoms with Crippen molar-refractivity contribution < 1.29 is 27.4 Å². The molecule has 0 unspecified atom stereocenters. The number of benzene rings is 2. The Morgan fingerprint density at radius 2 is 1.15 bits per heavy atom. The number of aromatic nitrogens is 4. The van der Waals surface area contributed by atoms with E-state index in [0.29, 0.717) is 67.2 Å². The first-order chi connectivity index (χ1) is 18.9. The van der Waals surface area contributed by atoms with Gasteiger partial charge < -0.3 is 24.7 Å². The van der Waals surface area contributed by atoms with Gasteiger partial charge >= 0.3 is 0 Å². The molecule has 3 N–H and O–H groups in total. The van der Waals surface area contributed by atoms with E-state index >= 15 is 0 Å². The molecule has 0 aliphatic heterocycles. The van der Waals surface area contributed by atoms with Crippen LogP contribution in [-0.2, 0) is 22.9 Å². The molecule has 2 aromatic heterocycles. The number of sulfonamides is 1. The summed E-state index contributed by atoms with van der Waals surface area (Å²) >= 11 is 12.4. The van der Waals surface area contributed by atoms with E-state index in [2.05, 4.69) is 24.7 Å². The molecule has 0 aliphatic rings. The average Bonchev–Trinajstić information content (AvgIpc) is 2.91. The van der Waals surface area contributed by atoms with Crippen LogP contribution in [0, 0.1) is 0 Å². The molecule has 0 spiro atoms. The fourth-order valence-electron chi connectivity index (χ4n) is 3.90. The van der Waals surface area contributed by atoms with Crippen LogP contribution in [0.3, 0.4) is 0 Å². The van der Waals surface area contributed by atoms with Crippen molar-refractivity contribution in [1.29, 1.82) is 0 Å². The molecule has 216 valence electrons. The van der Waals surface area contributed by atoms with Gasteiger partial charge in [-0.1, -0.05) is 37.0 Å². The van der Waals surface area contributed by atoms with E-state index in [1.807, 2.05) is 13.8 Å². The van der Waals surface area contributed by atoms with Crippen LogP contribution in [0.25, 0.3) is 22.1 Å². The summed E-state index contributed by atoms with van der Waals surface area (Å²) in [5.41, 5.74) is 10.3. The van der Waals surface area contributed by atoms with Gasteiger partial charge in [0.25, 0.3) is 23.5 Å². The zero-order chi connectivity index (χ0) is 29.8. The van der Waals surface area contributed by atoms with Gasteiger partial charge in [0.05, 0.1) is 57.1 Å². The number of hydrogen-bond acceptors (Lipinski definition) is 11. The Kier molecular flexibility index (Phi) is 9.87. The maximum Gasteiger partial charge on any atom is 0.278 e. The van der Waals surface area contributed by atoms with Crippen molar-refractivity contribution in [3.63, 3.8) is 0 Å². The van der Waals surface area contributed by atoms with Gasteiger partial charge in [-0.15, -0.1) is 0 Å². The number of hydrogen-bond donors (Lipinski definition) is 2. The fourth-order valence-corrected chi connectivity index (χ4v) is 5.16. The largest absolute Gasteiger partial charge is 0.477 e. The van der Waals surface area contributed by atoms with Gasteiger partial charge in [-0.25, -0.2) is 28.4 Å². The molecule has 0 bridgehead atoms. The number of nitrogen functional groups attached to an aromatic ring is 1. The van der Waals surface area contributed by atoms with E-state index in [4.69, 9.17) is 47.9 Å². The molecule has 0 saturated heterocycles. The van der Waals surface area contributed by atoms with Crippen LogP contribution in [0.15, 0.2) is 12.1 Å². The summed E-state index contributed by atoms with van der Waals surface area (Å²) in [6.45, 7) is 3.85. The van der Waals surface area contributed by atoms with Gasteiger partial charge in [-0.3, -0.25) is 4.72 Å². The molecule has 2 aromatic carbocycles. The van der Waals surface area contributed by atoms with Gasteiger partial charge in [-0.2, -0.15) is 0 Å². The van der Waals surface area contributed by atoms with Gasteiger partial charge in [-0.05, 0) is 36.1 Å². The topological polar surface area (TPSA) is 161 Å². The zero-order valence-electron chi connectivity index (χ0n) is 23.0. The quantitative estimate of drug-likeness (QED) is 0.266. The monoisotopic (exact) mass is 612 g/mol. The number of nitrogens with one attached hydrogen (secondary N) is 1. The maximum absolute atomic E-state index is 11.6. The Morgan fingerprint density at radius 1 is 0.750 bits per heavy atom. The Bertz CT molecular complexity index is 1670. The number of halogens is 2.